The molecule has 3 rings (SSSR count). The first-order valence-electron chi connectivity index (χ1n) is 7.72. The number of nitrogens with two attached hydrogens (primary N) is 1. The second kappa shape index (κ2) is 6.41. The Bertz CT molecular complexity index is 674. The van der Waals surface area contributed by atoms with Gasteiger partial charge in [-0.15, -0.1) is 0 Å². The molecule has 4 nitrogen and oxygen atoms in total. The fourth-order valence-corrected chi connectivity index (χ4v) is 3.44. The lowest BCUT2D eigenvalue weighted by atomic mass is 10.1. The number of hydrogen-bond donors (Lipinski definition) is 1. The van der Waals surface area contributed by atoms with Gasteiger partial charge in [0.25, 0.3) is 0 Å². The third kappa shape index (κ3) is 2.78. The second-order valence-electron chi connectivity index (χ2n) is 5.95. The zero-order chi connectivity index (χ0) is 15.7. The molecule has 2 N–H and O–H groups in total. The van der Waals surface area contributed by atoms with Gasteiger partial charge in [0, 0.05) is 30.6 Å². The number of pyridine rings is 1. The molecule has 0 saturated carbocycles. The average Bonchev–Trinajstić information content (AvgIpc) is 2.95. The van der Waals surface area contributed by atoms with E-state index in [-0.39, 0.29) is 6.04 Å². The molecule has 0 spiro atoms. The van der Waals surface area contributed by atoms with Crippen molar-refractivity contribution in [2.75, 3.05) is 25.2 Å². The quantitative estimate of drug-likeness (QED) is 0.936. The van der Waals surface area contributed by atoms with E-state index < -0.39 is 0 Å². The van der Waals surface area contributed by atoms with Crippen LogP contribution in [0.15, 0.2) is 24.3 Å². The summed E-state index contributed by atoms with van der Waals surface area (Å²) in [5.41, 5.74) is 8.11. The predicted octanol–water partition coefficient (Wildman–Crippen LogP) is 3.52. The minimum atomic E-state index is -0.0744. The van der Waals surface area contributed by atoms with Crippen molar-refractivity contribution in [3.05, 3.63) is 34.9 Å². The van der Waals surface area contributed by atoms with Crippen molar-refractivity contribution in [2.24, 2.45) is 5.73 Å². The molecule has 1 aromatic heterocycles. The number of methoxy groups -OCH3 is 1. The number of aromatic nitrogens is 1. The third-order valence-corrected chi connectivity index (χ3v) is 4.61. The van der Waals surface area contributed by atoms with Crippen molar-refractivity contribution in [3.8, 4) is 0 Å². The summed E-state index contributed by atoms with van der Waals surface area (Å²) in [4.78, 5) is 7.19. The number of para-hydroxylation sites is 1. The third-order valence-electron chi connectivity index (χ3n) is 4.30. The Morgan fingerprint density at radius 2 is 2.32 bits per heavy atom. The van der Waals surface area contributed by atoms with Crippen LogP contribution in [0.1, 0.15) is 31.4 Å². The average molecular weight is 320 g/mol. The molecule has 1 saturated heterocycles. The zero-order valence-corrected chi connectivity index (χ0v) is 13.8. The maximum atomic E-state index is 6.33. The van der Waals surface area contributed by atoms with E-state index in [1.54, 1.807) is 7.11 Å². The molecule has 1 aromatic carbocycles. The smallest absolute Gasteiger partial charge is 0.134 e. The maximum Gasteiger partial charge on any atom is 0.134 e. The van der Waals surface area contributed by atoms with Crippen molar-refractivity contribution in [1.29, 1.82) is 0 Å². The summed E-state index contributed by atoms with van der Waals surface area (Å²) in [6.45, 7) is 3.69. The van der Waals surface area contributed by atoms with Crippen molar-refractivity contribution >= 4 is 28.3 Å². The summed E-state index contributed by atoms with van der Waals surface area (Å²) >= 11 is 6.33. The van der Waals surface area contributed by atoms with Gasteiger partial charge >= 0.3 is 0 Å². The van der Waals surface area contributed by atoms with Crippen LogP contribution in [0.2, 0.25) is 5.02 Å². The van der Waals surface area contributed by atoms with E-state index in [9.17, 15) is 0 Å². The van der Waals surface area contributed by atoms with Gasteiger partial charge in [0.05, 0.1) is 23.2 Å². The molecule has 0 aliphatic carbocycles. The monoisotopic (exact) mass is 319 g/mol. The number of halogens is 1. The van der Waals surface area contributed by atoms with E-state index >= 15 is 0 Å². The highest BCUT2D eigenvalue weighted by molar-refractivity contribution is 6.35. The van der Waals surface area contributed by atoms with Crippen LogP contribution in [0.25, 0.3) is 10.9 Å². The van der Waals surface area contributed by atoms with E-state index in [0.29, 0.717) is 17.7 Å². The van der Waals surface area contributed by atoms with Crippen LogP contribution >= 0.6 is 11.6 Å². The summed E-state index contributed by atoms with van der Waals surface area (Å²) < 4.78 is 5.36. The molecule has 1 aliphatic heterocycles. The number of nitrogens with zero attached hydrogens (tertiary/aromatic N) is 2. The number of ether oxygens (including phenoxy) is 1. The molecular weight excluding hydrogens is 298 g/mol. The lowest BCUT2D eigenvalue weighted by Gasteiger charge is -2.28. The van der Waals surface area contributed by atoms with Crippen LogP contribution in [-0.2, 0) is 4.74 Å². The van der Waals surface area contributed by atoms with Gasteiger partial charge in [0.1, 0.15) is 5.82 Å². The molecule has 5 heteroatoms. The molecule has 1 aliphatic rings. The van der Waals surface area contributed by atoms with Crippen LogP contribution in [0.4, 0.5) is 5.82 Å². The van der Waals surface area contributed by atoms with Gasteiger partial charge in [0.2, 0.25) is 0 Å². The summed E-state index contributed by atoms with van der Waals surface area (Å²) in [6, 6.07) is 8.25. The SMILES string of the molecule is COC[C@@H]1CCCN1c1nc2c(Cl)cccc2cc1[C@H](C)N. The van der Waals surface area contributed by atoms with Gasteiger partial charge in [0.15, 0.2) is 0 Å². The van der Waals surface area contributed by atoms with Gasteiger partial charge in [-0.25, -0.2) is 4.98 Å². The molecule has 0 unspecified atom stereocenters. The summed E-state index contributed by atoms with van der Waals surface area (Å²) in [6.07, 6.45) is 2.27. The molecule has 2 aromatic rings. The lowest BCUT2D eigenvalue weighted by Crippen LogP contribution is -2.34. The lowest BCUT2D eigenvalue weighted by molar-refractivity contribution is 0.180. The normalized spacial score (nSPS) is 19.8. The number of anilines is 1. The zero-order valence-electron chi connectivity index (χ0n) is 13.1. The Hall–Kier alpha value is -1.36. The standard InChI is InChI=1S/C17H22ClN3O/c1-11(19)14-9-12-5-3-7-15(18)16(12)20-17(14)21-8-4-6-13(21)10-22-2/h3,5,7,9,11,13H,4,6,8,10,19H2,1-2H3/t11-,13-/m0/s1. The Balaban J connectivity index is 2.14. The van der Waals surface area contributed by atoms with Crippen LogP contribution in [0.3, 0.4) is 0 Å². The molecule has 0 amide bonds. The van der Waals surface area contributed by atoms with Crippen molar-refractivity contribution in [2.45, 2.75) is 31.8 Å². The number of fused-ring (bicyclic) bond motifs is 1. The Kier molecular flexibility index (Phi) is 4.52. The minimum absolute atomic E-state index is 0.0744. The second-order valence-corrected chi connectivity index (χ2v) is 6.35. The fourth-order valence-electron chi connectivity index (χ4n) is 3.21. The molecule has 2 heterocycles. The van der Waals surface area contributed by atoms with E-state index in [1.165, 1.54) is 0 Å². The maximum absolute atomic E-state index is 6.33. The van der Waals surface area contributed by atoms with Gasteiger partial charge in [-0.3, -0.25) is 0 Å². The molecule has 2 atom stereocenters. The van der Waals surface area contributed by atoms with E-state index in [2.05, 4.69) is 11.0 Å². The number of hydrogen-bond acceptors (Lipinski definition) is 4. The molecule has 0 radical (unpaired) electrons. The minimum Gasteiger partial charge on any atom is -0.383 e. The van der Waals surface area contributed by atoms with Gasteiger partial charge in [-0.1, -0.05) is 23.7 Å². The Labute approximate surface area is 136 Å². The molecular formula is C17H22ClN3O. The van der Waals surface area contributed by atoms with Crippen molar-refractivity contribution < 1.29 is 4.74 Å². The summed E-state index contributed by atoms with van der Waals surface area (Å²) in [5, 5.41) is 1.71. The highest BCUT2D eigenvalue weighted by atomic mass is 35.5. The van der Waals surface area contributed by atoms with Crippen molar-refractivity contribution in [3.63, 3.8) is 0 Å². The van der Waals surface area contributed by atoms with Crippen LogP contribution < -0.4 is 10.6 Å². The fraction of sp³-hybridized carbons (Fsp3) is 0.471. The van der Waals surface area contributed by atoms with Crippen LogP contribution in [0, 0.1) is 0 Å². The van der Waals surface area contributed by atoms with Crippen LogP contribution in [0.5, 0.6) is 0 Å². The largest absolute Gasteiger partial charge is 0.383 e. The summed E-state index contributed by atoms with van der Waals surface area (Å²) in [7, 11) is 1.74. The first-order valence-corrected chi connectivity index (χ1v) is 8.10. The topological polar surface area (TPSA) is 51.4 Å². The highest BCUT2D eigenvalue weighted by Crippen LogP contribution is 2.34. The first-order chi connectivity index (χ1) is 10.6. The molecule has 1 fully saturated rings. The molecule has 22 heavy (non-hydrogen) atoms. The number of benzene rings is 1. The Morgan fingerprint density at radius 3 is 3.05 bits per heavy atom. The number of rotatable bonds is 4. The van der Waals surface area contributed by atoms with E-state index in [4.69, 9.17) is 27.1 Å². The van der Waals surface area contributed by atoms with E-state index in [0.717, 1.165) is 41.7 Å². The predicted molar refractivity (Wildman–Crippen MR) is 91.6 cm³/mol. The molecule has 118 valence electrons. The Morgan fingerprint density at radius 1 is 1.50 bits per heavy atom. The van der Waals surface area contributed by atoms with Gasteiger partial charge in [-0.05, 0) is 31.9 Å². The summed E-state index contributed by atoms with van der Waals surface area (Å²) in [5.74, 6) is 0.954. The molecule has 0 bridgehead atoms. The van der Waals surface area contributed by atoms with Crippen LogP contribution in [-0.4, -0.2) is 31.3 Å². The highest BCUT2D eigenvalue weighted by Gasteiger charge is 2.28. The van der Waals surface area contributed by atoms with Gasteiger partial charge in [-0.2, -0.15) is 0 Å². The van der Waals surface area contributed by atoms with E-state index in [1.807, 2.05) is 25.1 Å². The van der Waals surface area contributed by atoms with Crippen molar-refractivity contribution in [1.82, 2.24) is 4.98 Å². The first kappa shape index (κ1) is 15.5. The van der Waals surface area contributed by atoms with Gasteiger partial charge < -0.3 is 15.4 Å².